The number of carbonyl (C=O) groups is 3. The summed E-state index contributed by atoms with van der Waals surface area (Å²) in [4.78, 5) is 33.7. The van der Waals surface area contributed by atoms with E-state index in [1.54, 1.807) is 6.92 Å². The Balaban J connectivity index is 2.58. The average molecular weight is 311 g/mol. The van der Waals surface area contributed by atoms with Crippen LogP contribution in [0.2, 0.25) is 0 Å². The number of carbonyl (C=O) groups excluding carboxylic acids is 3. The van der Waals surface area contributed by atoms with Gasteiger partial charge in [0.1, 0.15) is 12.4 Å². The van der Waals surface area contributed by atoms with Crippen LogP contribution in [0.3, 0.4) is 0 Å². The molecular weight excluding hydrogens is 293 g/mol. The SMILES string of the molecule is CCOC(=O)CNC(=O)NCc1c(F)cccc1NC(C)=O. The predicted molar refractivity (Wildman–Crippen MR) is 77.6 cm³/mol. The summed E-state index contributed by atoms with van der Waals surface area (Å²) in [6, 6.07) is 3.55. The van der Waals surface area contributed by atoms with E-state index in [2.05, 4.69) is 20.7 Å². The zero-order valence-electron chi connectivity index (χ0n) is 12.4. The molecule has 7 nitrogen and oxygen atoms in total. The molecule has 0 saturated carbocycles. The van der Waals surface area contributed by atoms with Gasteiger partial charge in [-0.05, 0) is 19.1 Å². The summed E-state index contributed by atoms with van der Waals surface area (Å²) in [5.41, 5.74) is 0.419. The van der Waals surface area contributed by atoms with Crippen LogP contribution in [0.4, 0.5) is 14.9 Å². The van der Waals surface area contributed by atoms with Crippen LogP contribution in [-0.2, 0) is 20.9 Å². The summed E-state index contributed by atoms with van der Waals surface area (Å²) in [5, 5.41) is 7.16. The van der Waals surface area contributed by atoms with Crippen molar-refractivity contribution >= 4 is 23.6 Å². The third-order valence-electron chi connectivity index (χ3n) is 2.55. The molecule has 120 valence electrons. The molecule has 0 aliphatic carbocycles. The van der Waals surface area contributed by atoms with E-state index in [1.165, 1.54) is 25.1 Å². The monoisotopic (exact) mass is 311 g/mol. The van der Waals surface area contributed by atoms with Crippen LogP contribution in [0.15, 0.2) is 18.2 Å². The number of halogens is 1. The Morgan fingerprint density at radius 1 is 1.23 bits per heavy atom. The molecule has 1 aromatic rings. The van der Waals surface area contributed by atoms with Crippen molar-refractivity contribution in [2.45, 2.75) is 20.4 Å². The quantitative estimate of drug-likeness (QED) is 0.687. The first-order valence-electron chi connectivity index (χ1n) is 6.66. The lowest BCUT2D eigenvalue weighted by Gasteiger charge is -2.12. The van der Waals surface area contributed by atoms with Crippen LogP contribution in [0.25, 0.3) is 0 Å². The topological polar surface area (TPSA) is 96.5 Å². The second kappa shape index (κ2) is 8.60. The van der Waals surface area contributed by atoms with E-state index in [1.807, 2.05) is 0 Å². The fourth-order valence-electron chi connectivity index (χ4n) is 1.64. The van der Waals surface area contributed by atoms with E-state index in [0.717, 1.165) is 0 Å². The van der Waals surface area contributed by atoms with Gasteiger partial charge >= 0.3 is 12.0 Å². The molecule has 8 heteroatoms. The third kappa shape index (κ3) is 5.78. The number of rotatable bonds is 6. The minimum Gasteiger partial charge on any atom is -0.465 e. The van der Waals surface area contributed by atoms with Crippen molar-refractivity contribution < 1.29 is 23.5 Å². The highest BCUT2D eigenvalue weighted by Gasteiger charge is 2.11. The Morgan fingerprint density at radius 3 is 2.59 bits per heavy atom. The molecule has 0 atom stereocenters. The highest BCUT2D eigenvalue weighted by Crippen LogP contribution is 2.18. The maximum Gasteiger partial charge on any atom is 0.325 e. The van der Waals surface area contributed by atoms with Crippen molar-refractivity contribution in [3.8, 4) is 0 Å². The second-order valence-electron chi connectivity index (χ2n) is 4.29. The molecule has 1 rings (SSSR count). The molecule has 0 aliphatic rings. The van der Waals surface area contributed by atoms with E-state index in [-0.39, 0.29) is 36.9 Å². The molecule has 0 unspecified atom stereocenters. The highest BCUT2D eigenvalue weighted by atomic mass is 19.1. The van der Waals surface area contributed by atoms with Gasteiger partial charge in [-0.1, -0.05) is 6.07 Å². The van der Waals surface area contributed by atoms with Gasteiger partial charge in [-0.3, -0.25) is 9.59 Å². The van der Waals surface area contributed by atoms with Gasteiger partial charge in [-0.15, -0.1) is 0 Å². The molecule has 22 heavy (non-hydrogen) atoms. The second-order valence-corrected chi connectivity index (χ2v) is 4.29. The van der Waals surface area contributed by atoms with Gasteiger partial charge < -0.3 is 20.7 Å². The lowest BCUT2D eigenvalue weighted by molar-refractivity contribution is -0.141. The Hall–Kier alpha value is -2.64. The number of amides is 3. The summed E-state index contributed by atoms with van der Waals surface area (Å²) < 4.78 is 18.4. The van der Waals surface area contributed by atoms with Crippen LogP contribution >= 0.6 is 0 Å². The Bertz CT molecular complexity index is 563. The first-order valence-corrected chi connectivity index (χ1v) is 6.66. The molecule has 0 radical (unpaired) electrons. The van der Waals surface area contributed by atoms with Crippen molar-refractivity contribution in [1.29, 1.82) is 0 Å². The zero-order valence-corrected chi connectivity index (χ0v) is 12.4. The van der Waals surface area contributed by atoms with Crippen LogP contribution in [0.1, 0.15) is 19.4 Å². The first kappa shape index (κ1) is 17.4. The molecular formula is C14H18FN3O4. The van der Waals surface area contributed by atoms with Crippen molar-refractivity contribution in [3.05, 3.63) is 29.6 Å². The molecule has 3 amide bonds. The Morgan fingerprint density at radius 2 is 1.95 bits per heavy atom. The smallest absolute Gasteiger partial charge is 0.325 e. The van der Waals surface area contributed by atoms with Gasteiger partial charge in [0.25, 0.3) is 0 Å². The Labute approximate surface area is 127 Å². The molecule has 0 aromatic heterocycles. The third-order valence-corrected chi connectivity index (χ3v) is 2.55. The largest absolute Gasteiger partial charge is 0.465 e. The number of urea groups is 1. The van der Waals surface area contributed by atoms with Crippen LogP contribution in [0.5, 0.6) is 0 Å². The first-order chi connectivity index (χ1) is 10.4. The molecule has 0 saturated heterocycles. The van der Waals surface area contributed by atoms with Crippen LogP contribution in [-0.4, -0.2) is 31.1 Å². The standard InChI is InChI=1S/C14H18FN3O4/c1-3-22-13(20)8-17-14(21)16-7-10-11(15)5-4-6-12(10)18-9(2)19/h4-6H,3,7-8H2,1-2H3,(H,18,19)(H2,16,17,21). The minimum atomic E-state index is -0.648. The van der Waals surface area contributed by atoms with Crippen LogP contribution < -0.4 is 16.0 Å². The summed E-state index contributed by atoms with van der Waals surface area (Å²) in [7, 11) is 0. The van der Waals surface area contributed by atoms with Gasteiger partial charge in [0.05, 0.1) is 6.61 Å². The maximum absolute atomic E-state index is 13.8. The molecule has 0 aliphatic heterocycles. The number of esters is 1. The fourth-order valence-corrected chi connectivity index (χ4v) is 1.64. The van der Waals surface area contributed by atoms with Gasteiger partial charge in [-0.25, -0.2) is 9.18 Å². The number of benzene rings is 1. The number of nitrogens with one attached hydrogen (secondary N) is 3. The number of hydrogen-bond donors (Lipinski definition) is 3. The van der Waals surface area contributed by atoms with E-state index in [0.29, 0.717) is 0 Å². The number of ether oxygens (including phenoxy) is 1. The van der Waals surface area contributed by atoms with Crippen molar-refractivity contribution in [2.75, 3.05) is 18.5 Å². The van der Waals surface area contributed by atoms with Crippen LogP contribution in [0, 0.1) is 5.82 Å². The molecule has 0 bridgehead atoms. The molecule has 1 aromatic carbocycles. The normalized spacial score (nSPS) is 9.77. The van der Waals surface area contributed by atoms with E-state index >= 15 is 0 Å². The van der Waals surface area contributed by atoms with Crippen molar-refractivity contribution in [3.63, 3.8) is 0 Å². The summed E-state index contributed by atoms with van der Waals surface area (Å²) in [5.74, 6) is -1.47. The lowest BCUT2D eigenvalue weighted by Crippen LogP contribution is -2.38. The lowest BCUT2D eigenvalue weighted by atomic mass is 10.1. The fraction of sp³-hybridized carbons (Fsp3) is 0.357. The minimum absolute atomic E-state index is 0.142. The maximum atomic E-state index is 13.8. The molecule has 0 heterocycles. The van der Waals surface area contributed by atoms with Gasteiger partial charge in [0.2, 0.25) is 5.91 Å². The van der Waals surface area contributed by atoms with E-state index in [4.69, 9.17) is 0 Å². The van der Waals surface area contributed by atoms with Gasteiger partial charge in [-0.2, -0.15) is 0 Å². The predicted octanol–water partition coefficient (Wildman–Crippen LogP) is 1.15. The van der Waals surface area contributed by atoms with E-state index in [9.17, 15) is 18.8 Å². The van der Waals surface area contributed by atoms with Gasteiger partial charge in [0.15, 0.2) is 0 Å². The summed E-state index contributed by atoms with van der Waals surface area (Å²) in [6.45, 7) is 2.75. The summed E-state index contributed by atoms with van der Waals surface area (Å²) in [6.07, 6.45) is 0. The average Bonchev–Trinajstić information content (AvgIpc) is 2.44. The molecule has 0 spiro atoms. The zero-order chi connectivity index (χ0) is 16.5. The van der Waals surface area contributed by atoms with Crippen molar-refractivity contribution in [2.24, 2.45) is 0 Å². The molecule has 0 fully saturated rings. The molecule has 3 N–H and O–H groups in total. The number of anilines is 1. The Kier molecular flexibility index (Phi) is 6.81. The highest BCUT2D eigenvalue weighted by molar-refractivity contribution is 5.89. The summed E-state index contributed by atoms with van der Waals surface area (Å²) >= 11 is 0. The van der Waals surface area contributed by atoms with Gasteiger partial charge in [0, 0.05) is 24.7 Å². The number of hydrogen-bond acceptors (Lipinski definition) is 4. The van der Waals surface area contributed by atoms with E-state index < -0.39 is 17.8 Å². The van der Waals surface area contributed by atoms with Crippen molar-refractivity contribution in [1.82, 2.24) is 10.6 Å².